The van der Waals surface area contributed by atoms with Gasteiger partial charge in [0.1, 0.15) is 5.82 Å². The maximum absolute atomic E-state index is 13.1. The number of aromatic nitrogens is 2. The summed E-state index contributed by atoms with van der Waals surface area (Å²) in [6.07, 6.45) is 4.64. The van der Waals surface area contributed by atoms with E-state index in [4.69, 9.17) is 0 Å². The Morgan fingerprint density at radius 3 is 3.04 bits per heavy atom. The molecule has 0 unspecified atom stereocenters. The molecule has 1 aromatic heterocycles. The van der Waals surface area contributed by atoms with Gasteiger partial charge in [-0.1, -0.05) is 31.9 Å². The smallest absolute Gasteiger partial charge is 0.233 e. The summed E-state index contributed by atoms with van der Waals surface area (Å²) >= 11 is 0. The zero-order valence-electron chi connectivity index (χ0n) is 15.1. The van der Waals surface area contributed by atoms with E-state index >= 15 is 0 Å². The average Bonchev–Trinajstić information content (AvgIpc) is 3.30. The first-order valence-electron chi connectivity index (χ1n) is 9.30. The normalized spacial score (nSPS) is 18.2. The number of hydrogen-bond acceptors (Lipinski definition) is 4. The lowest BCUT2D eigenvalue weighted by Crippen LogP contribution is -2.40. The van der Waals surface area contributed by atoms with Gasteiger partial charge in [-0.15, -0.1) is 0 Å². The van der Waals surface area contributed by atoms with Gasteiger partial charge in [0.05, 0.1) is 29.5 Å². The molecule has 2 atom stereocenters. The molecule has 26 heavy (non-hydrogen) atoms. The van der Waals surface area contributed by atoms with Crippen molar-refractivity contribution < 1.29 is 14.8 Å². The van der Waals surface area contributed by atoms with Crippen LogP contribution in [0.5, 0.6) is 0 Å². The van der Waals surface area contributed by atoms with E-state index in [0.717, 1.165) is 42.5 Å². The van der Waals surface area contributed by atoms with Crippen molar-refractivity contribution in [2.24, 2.45) is 5.92 Å². The van der Waals surface area contributed by atoms with Crippen molar-refractivity contribution in [2.75, 3.05) is 13.1 Å². The number of rotatable bonds is 8. The molecule has 140 valence electrons. The summed E-state index contributed by atoms with van der Waals surface area (Å²) in [6.45, 7) is 2.77. The number of likely N-dealkylation sites (tertiary alicyclic amines) is 1. The summed E-state index contributed by atoms with van der Waals surface area (Å²) < 4.78 is 0. The summed E-state index contributed by atoms with van der Waals surface area (Å²) in [5.41, 5.74) is 1.86. The Balaban J connectivity index is 1.80. The highest BCUT2D eigenvalue weighted by Gasteiger charge is 2.35. The van der Waals surface area contributed by atoms with E-state index in [9.17, 15) is 14.8 Å². The topological polar surface area (TPSA) is 89.5 Å². The first-order valence-corrected chi connectivity index (χ1v) is 9.30. The highest BCUT2D eigenvalue weighted by molar-refractivity contribution is 5.80. The first kappa shape index (κ1) is 18.4. The van der Waals surface area contributed by atoms with Crippen molar-refractivity contribution in [2.45, 2.75) is 45.1 Å². The van der Waals surface area contributed by atoms with Gasteiger partial charge in [-0.3, -0.25) is 14.8 Å². The molecule has 2 heterocycles. The van der Waals surface area contributed by atoms with Gasteiger partial charge in [0.25, 0.3) is 0 Å². The van der Waals surface area contributed by atoms with Gasteiger partial charge in [0.15, 0.2) is 0 Å². The van der Waals surface area contributed by atoms with Gasteiger partial charge < -0.3 is 9.88 Å². The maximum Gasteiger partial charge on any atom is 0.233 e. The molecule has 1 saturated heterocycles. The summed E-state index contributed by atoms with van der Waals surface area (Å²) in [5.74, 6) is 0.403. The minimum absolute atomic E-state index is 0.0118. The number of unbranched alkanes of at least 4 members (excludes halogenated alkanes) is 1. The number of hydrogen-bond donors (Lipinski definition) is 2. The lowest BCUT2D eigenvalue weighted by Gasteiger charge is -2.29. The second-order valence-electron chi connectivity index (χ2n) is 6.90. The Morgan fingerprint density at radius 1 is 1.50 bits per heavy atom. The fourth-order valence-electron chi connectivity index (χ4n) is 3.69. The molecule has 1 aliphatic heterocycles. The van der Waals surface area contributed by atoms with E-state index in [1.54, 1.807) is 0 Å². The number of hydroxylamine groups is 2. The predicted octanol–water partition coefficient (Wildman–Crippen LogP) is 2.88. The van der Waals surface area contributed by atoms with Gasteiger partial charge in [0, 0.05) is 6.54 Å². The summed E-state index contributed by atoms with van der Waals surface area (Å²) in [5, 5.41) is 10.1. The van der Waals surface area contributed by atoms with Gasteiger partial charge in [-0.05, 0) is 31.4 Å². The Labute approximate surface area is 153 Å². The molecule has 0 bridgehead atoms. The van der Waals surface area contributed by atoms with Gasteiger partial charge in [-0.25, -0.2) is 10.0 Å². The number of fused-ring (bicyclic) bond motifs is 1. The van der Waals surface area contributed by atoms with Crippen LogP contribution in [0, 0.1) is 5.92 Å². The van der Waals surface area contributed by atoms with E-state index in [1.807, 2.05) is 29.2 Å². The third kappa shape index (κ3) is 3.88. The van der Waals surface area contributed by atoms with E-state index in [1.165, 1.54) is 0 Å². The molecule has 2 N–H and O–H groups in total. The number of carbonyl (C=O) groups is 2. The van der Waals surface area contributed by atoms with Crippen molar-refractivity contribution in [1.82, 2.24) is 19.9 Å². The van der Waals surface area contributed by atoms with Gasteiger partial charge in [-0.2, -0.15) is 0 Å². The number of aromatic amines is 1. The first-order chi connectivity index (χ1) is 12.6. The molecule has 0 spiro atoms. The number of nitrogens with zero attached hydrogens (tertiary/aromatic N) is 3. The number of para-hydroxylation sites is 2. The molecule has 1 fully saturated rings. The van der Waals surface area contributed by atoms with Gasteiger partial charge in [0.2, 0.25) is 12.3 Å². The Morgan fingerprint density at radius 2 is 2.31 bits per heavy atom. The number of H-pyrrole nitrogens is 1. The van der Waals surface area contributed by atoms with Crippen LogP contribution in [0.3, 0.4) is 0 Å². The lowest BCUT2D eigenvalue weighted by atomic mass is 9.99. The predicted molar refractivity (Wildman–Crippen MR) is 97.4 cm³/mol. The maximum atomic E-state index is 13.1. The van der Waals surface area contributed by atoms with Crippen LogP contribution in [0.4, 0.5) is 0 Å². The second kappa shape index (κ2) is 8.31. The molecule has 7 nitrogen and oxygen atoms in total. The summed E-state index contributed by atoms with van der Waals surface area (Å²) in [7, 11) is 0. The zero-order valence-corrected chi connectivity index (χ0v) is 15.1. The molecular weight excluding hydrogens is 332 g/mol. The van der Waals surface area contributed by atoms with Crippen LogP contribution in [-0.4, -0.2) is 50.5 Å². The van der Waals surface area contributed by atoms with Crippen molar-refractivity contribution in [1.29, 1.82) is 0 Å². The largest absolute Gasteiger partial charge is 0.340 e. The van der Waals surface area contributed by atoms with Crippen molar-refractivity contribution in [3.63, 3.8) is 0 Å². The summed E-state index contributed by atoms with van der Waals surface area (Å²) in [4.78, 5) is 33.8. The number of imidazole rings is 1. The summed E-state index contributed by atoms with van der Waals surface area (Å²) in [6, 6.07) is 7.75. The van der Waals surface area contributed by atoms with E-state index in [2.05, 4.69) is 16.9 Å². The van der Waals surface area contributed by atoms with Crippen LogP contribution in [-0.2, 0) is 9.59 Å². The lowest BCUT2D eigenvalue weighted by molar-refractivity contribution is -0.157. The molecule has 1 aliphatic rings. The molecule has 1 aromatic carbocycles. The van der Waals surface area contributed by atoms with Crippen LogP contribution in [0.15, 0.2) is 24.3 Å². The molecule has 0 aliphatic carbocycles. The highest BCUT2D eigenvalue weighted by Crippen LogP contribution is 2.33. The van der Waals surface area contributed by atoms with Crippen LogP contribution in [0.1, 0.15) is 50.9 Å². The van der Waals surface area contributed by atoms with Crippen LogP contribution in [0.2, 0.25) is 0 Å². The Bertz CT molecular complexity index is 727. The second-order valence-corrected chi connectivity index (χ2v) is 6.90. The van der Waals surface area contributed by atoms with Gasteiger partial charge >= 0.3 is 0 Å². The third-order valence-corrected chi connectivity index (χ3v) is 5.04. The Hall–Kier alpha value is -2.41. The molecule has 2 amide bonds. The monoisotopic (exact) mass is 358 g/mol. The quantitative estimate of drug-likeness (QED) is 0.431. The molecule has 0 radical (unpaired) electrons. The molecule has 2 aromatic rings. The fourth-order valence-corrected chi connectivity index (χ4v) is 3.69. The Kier molecular flexibility index (Phi) is 5.88. The number of amides is 2. The average molecular weight is 358 g/mol. The number of nitrogens with one attached hydrogen (secondary N) is 1. The highest BCUT2D eigenvalue weighted by atomic mass is 16.5. The van der Waals surface area contributed by atoms with E-state index in [-0.39, 0.29) is 18.5 Å². The minimum atomic E-state index is -0.393. The van der Waals surface area contributed by atoms with Crippen molar-refractivity contribution >= 4 is 23.4 Å². The van der Waals surface area contributed by atoms with E-state index in [0.29, 0.717) is 24.4 Å². The number of carbonyl (C=O) groups excluding carboxylic acids is 2. The molecule has 0 saturated carbocycles. The van der Waals surface area contributed by atoms with Crippen LogP contribution >= 0.6 is 0 Å². The third-order valence-electron chi connectivity index (χ3n) is 5.04. The molecule has 3 rings (SSSR count). The SMILES string of the molecule is CCCC[C@H](CN(O)C=O)C(=O)N1CCC[C@@H]1c1nc2ccccc2[nH]1. The molecular formula is C19H26N4O3. The van der Waals surface area contributed by atoms with E-state index < -0.39 is 5.92 Å². The fraction of sp³-hybridized carbons (Fsp3) is 0.526. The number of benzene rings is 1. The van der Waals surface area contributed by atoms with Crippen molar-refractivity contribution in [3.8, 4) is 0 Å². The molecule has 7 heteroatoms. The zero-order chi connectivity index (χ0) is 18.5. The standard InChI is InChI=1S/C19H26N4O3/c1-2-3-7-14(12-22(26)13-24)19(25)23-11-6-10-17(23)18-20-15-8-4-5-9-16(15)21-18/h4-5,8-9,13-14,17,26H,2-3,6-7,10-12H2,1H3,(H,20,21)/t14-,17-/m1/s1. The van der Waals surface area contributed by atoms with Crippen LogP contribution < -0.4 is 0 Å². The minimum Gasteiger partial charge on any atom is -0.340 e. The van der Waals surface area contributed by atoms with Crippen molar-refractivity contribution in [3.05, 3.63) is 30.1 Å². The van der Waals surface area contributed by atoms with Crippen LogP contribution in [0.25, 0.3) is 11.0 Å².